The van der Waals surface area contributed by atoms with Crippen molar-refractivity contribution in [3.05, 3.63) is 104 Å². The molecule has 0 bridgehead atoms. The van der Waals surface area contributed by atoms with Gasteiger partial charge in [0.1, 0.15) is 11.4 Å². The first kappa shape index (κ1) is 36.4. The summed E-state index contributed by atoms with van der Waals surface area (Å²) in [5, 5.41) is 0. The molecule has 5 aromatic heterocycles. The van der Waals surface area contributed by atoms with Crippen LogP contribution in [0.5, 0.6) is 0 Å². The van der Waals surface area contributed by atoms with Crippen molar-refractivity contribution >= 4 is 20.7 Å². The Morgan fingerprint density at radius 3 is 1.62 bits per heavy atom. The number of unbranched alkanes of at least 4 members (excludes halogenated alkanes) is 2. The van der Waals surface area contributed by atoms with Crippen molar-refractivity contribution in [3.8, 4) is 23.0 Å². The van der Waals surface area contributed by atoms with Crippen LogP contribution in [0.15, 0.2) is 104 Å². The Hall–Kier alpha value is -3.66. The molecule has 0 fully saturated rings. The van der Waals surface area contributed by atoms with Crippen molar-refractivity contribution in [1.29, 1.82) is 0 Å². The number of fused-ring (bicyclic) bond motifs is 1. The number of hydrogen-bond acceptors (Lipinski definition) is 5. The number of halogens is 1. The first-order chi connectivity index (χ1) is 19.7. The van der Waals surface area contributed by atoms with Gasteiger partial charge < -0.3 is 13.7 Å². The van der Waals surface area contributed by atoms with Gasteiger partial charge in [-0.25, -0.2) is 15.0 Å². The van der Waals surface area contributed by atoms with E-state index in [0.717, 1.165) is 35.1 Å². The molecule has 0 spiro atoms. The van der Waals surface area contributed by atoms with E-state index >= 15 is 0 Å². The average molecular weight is 764 g/mol. The van der Waals surface area contributed by atoms with Crippen molar-refractivity contribution in [2.45, 2.75) is 47.6 Å². The van der Waals surface area contributed by atoms with Gasteiger partial charge in [0.05, 0.1) is 17.4 Å². The fourth-order valence-corrected chi connectivity index (χ4v) is 3.94. The van der Waals surface area contributed by atoms with Crippen molar-refractivity contribution in [1.82, 2.24) is 38.6 Å². The summed E-state index contributed by atoms with van der Waals surface area (Å²) in [5.41, 5.74) is 4.17. The summed E-state index contributed by atoms with van der Waals surface area (Å²) in [6.07, 6.45) is 16.6. The molecule has 0 aliphatic carbocycles. The van der Waals surface area contributed by atoms with E-state index in [0.29, 0.717) is 0 Å². The Balaban J connectivity index is 0.000000300. The van der Waals surface area contributed by atoms with Crippen LogP contribution >= 0.6 is 9.64 Å². The van der Waals surface area contributed by atoms with Gasteiger partial charge in [0.25, 0.3) is 0 Å². The van der Waals surface area contributed by atoms with Gasteiger partial charge in [0.2, 0.25) is 0 Å². The summed E-state index contributed by atoms with van der Waals surface area (Å²) in [6, 6.07) is 19.9. The molecule has 0 saturated carbocycles. The first-order valence-corrected chi connectivity index (χ1v) is 16.1. The van der Waals surface area contributed by atoms with Crippen LogP contribution in [0.4, 0.5) is 0 Å². The van der Waals surface area contributed by atoms with Crippen LogP contribution < -0.4 is 0 Å². The van der Waals surface area contributed by atoms with Crippen LogP contribution in [-0.4, -0.2) is 38.6 Å². The van der Waals surface area contributed by atoms with E-state index in [1.54, 1.807) is 24.8 Å². The Bertz CT molecular complexity index is 1440. The fourth-order valence-electron chi connectivity index (χ4n) is 3.94. The van der Waals surface area contributed by atoms with Gasteiger partial charge in [-0.2, -0.15) is 0 Å². The zero-order chi connectivity index (χ0) is 28.6. The molecule has 6 aromatic rings. The molecule has 0 radical (unpaired) electrons. The van der Waals surface area contributed by atoms with Gasteiger partial charge in [-0.05, 0) is 42.8 Å². The Morgan fingerprint density at radius 1 is 0.643 bits per heavy atom. The van der Waals surface area contributed by atoms with E-state index in [1.807, 2.05) is 84.4 Å². The number of nitrogens with zero attached hydrogens (tertiary/aromatic N) is 8. The van der Waals surface area contributed by atoms with Crippen LogP contribution in [0.3, 0.4) is 0 Å². The predicted octanol–water partition coefficient (Wildman–Crippen LogP) is 8.15. The van der Waals surface area contributed by atoms with E-state index in [4.69, 9.17) is 0 Å². The quantitative estimate of drug-likeness (QED) is 0.160. The SMILES string of the molecule is C.C.CCCCCn1cnc2ccccc21.Cn1ccnc1-c1ccccn1.Cn1ccnc1-c1ccccn1.[Cl][Os]. The van der Waals surface area contributed by atoms with E-state index in [9.17, 15) is 0 Å². The third-order valence-corrected chi connectivity index (χ3v) is 5.96. The van der Waals surface area contributed by atoms with Crippen LogP contribution in [0.25, 0.3) is 34.1 Å². The summed E-state index contributed by atoms with van der Waals surface area (Å²) in [7, 11) is 8.58. The number of pyridine rings is 2. The average Bonchev–Trinajstić information content (AvgIpc) is 3.76. The molecule has 6 rings (SSSR count). The molecule has 8 nitrogen and oxygen atoms in total. The first-order valence-electron chi connectivity index (χ1n) is 13.0. The van der Waals surface area contributed by atoms with Crippen LogP contribution in [0.1, 0.15) is 41.0 Å². The van der Waals surface area contributed by atoms with Gasteiger partial charge in [0, 0.05) is 57.8 Å². The van der Waals surface area contributed by atoms with Gasteiger partial charge in [0.15, 0.2) is 11.6 Å². The molecule has 10 heteroatoms. The minimum atomic E-state index is 0. The second-order valence-electron chi connectivity index (χ2n) is 8.79. The zero-order valence-corrected chi connectivity index (χ0v) is 26.2. The summed E-state index contributed by atoms with van der Waals surface area (Å²) < 4.78 is 6.13. The zero-order valence-electron chi connectivity index (χ0n) is 23.0. The van der Waals surface area contributed by atoms with Crippen LogP contribution in [-0.2, 0) is 38.2 Å². The molecule has 0 aliphatic rings. The Labute approximate surface area is 264 Å². The van der Waals surface area contributed by atoms with Gasteiger partial charge >= 0.3 is 27.2 Å². The van der Waals surface area contributed by atoms with E-state index in [-0.39, 0.29) is 14.9 Å². The van der Waals surface area contributed by atoms with Gasteiger partial charge in [-0.15, -0.1) is 0 Å². The molecular formula is C32H42ClN8Os. The minimum absolute atomic E-state index is 0. The van der Waals surface area contributed by atoms with Crippen molar-refractivity contribution in [2.75, 3.05) is 0 Å². The molecule has 42 heavy (non-hydrogen) atoms. The van der Waals surface area contributed by atoms with E-state index < -0.39 is 0 Å². The molecule has 0 unspecified atom stereocenters. The van der Waals surface area contributed by atoms with E-state index in [1.165, 1.54) is 42.4 Å². The normalized spacial score (nSPS) is 9.55. The molecule has 0 amide bonds. The molecular weight excluding hydrogens is 722 g/mol. The maximum atomic E-state index is 4.67. The number of rotatable bonds is 6. The number of aromatic nitrogens is 8. The number of para-hydroxylation sites is 2. The molecule has 0 saturated heterocycles. The molecule has 0 atom stereocenters. The topological polar surface area (TPSA) is 79.2 Å². The number of benzene rings is 1. The van der Waals surface area contributed by atoms with Crippen LogP contribution in [0, 0.1) is 0 Å². The Morgan fingerprint density at radius 2 is 1.17 bits per heavy atom. The second kappa shape index (κ2) is 20.3. The number of hydrogen-bond donors (Lipinski definition) is 0. The van der Waals surface area contributed by atoms with Crippen LogP contribution in [0.2, 0.25) is 0 Å². The molecule has 0 aliphatic heterocycles. The standard InChI is InChI=1S/C12H16N2.2C9H9N3.2CH4.ClH.Os/c1-2-3-6-9-14-10-13-11-7-4-5-8-12(11)14;2*1-12-7-6-11-9(12)8-4-2-3-5-10-8;;;;/h4-5,7-8,10H,2-3,6,9H2,1H3;2*2-7H,1H3;2*1H4;1H;/q;;;;;;+1/p-1. The number of imidazole rings is 3. The third-order valence-electron chi connectivity index (χ3n) is 5.96. The summed E-state index contributed by atoms with van der Waals surface area (Å²) in [4.78, 5) is 21.1. The van der Waals surface area contributed by atoms with Crippen molar-refractivity contribution in [2.24, 2.45) is 14.1 Å². The molecule has 1 aromatic carbocycles. The summed E-state index contributed by atoms with van der Waals surface area (Å²) in [5.74, 6) is 1.80. The number of aryl methyl sites for hydroxylation is 3. The Kier molecular flexibility index (Phi) is 17.5. The van der Waals surface area contributed by atoms with E-state index in [2.05, 4.69) is 64.2 Å². The molecule has 0 N–H and O–H groups in total. The third kappa shape index (κ3) is 10.6. The fraction of sp³-hybridized carbons (Fsp3) is 0.281. The van der Waals surface area contributed by atoms with Crippen molar-refractivity contribution in [3.63, 3.8) is 0 Å². The predicted molar refractivity (Wildman–Crippen MR) is 171 cm³/mol. The molecule has 5 heterocycles. The maximum absolute atomic E-state index is 4.67. The second-order valence-corrected chi connectivity index (χ2v) is 8.79. The van der Waals surface area contributed by atoms with Gasteiger partial charge in [-0.3, -0.25) is 9.97 Å². The molecule has 225 valence electrons. The monoisotopic (exact) mass is 765 g/mol. The summed E-state index contributed by atoms with van der Waals surface area (Å²) in [6.45, 7) is 3.32. The summed E-state index contributed by atoms with van der Waals surface area (Å²) >= 11 is 1.33. The van der Waals surface area contributed by atoms with Gasteiger partial charge in [-0.1, -0.05) is 58.9 Å². The van der Waals surface area contributed by atoms with Crippen molar-refractivity contribution < 1.29 is 17.6 Å².